The van der Waals surface area contributed by atoms with E-state index in [4.69, 9.17) is 9.47 Å². The van der Waals surface area contributed by atoms with Gasteiger partial charge in [0.15, 0.2) is 0 Å². The molecule has 0 saturated carbocycles. The first-order valence-corrected chi connectivity index (χ1v) is 12.4. The highest BCUT2D eigenvalue weighted by atomic mass is 32.2. The van der Waals surface area contributed by atoms with E-state index in [1.165, 1.54) is 21.6 Å². The topological polar surface area (TPSA) is 54.0 Å². The molecule has 7 heteroatoms. The van der Waals surface area contributed by atoms with Crippen molar-refractivity contribution in [1.29, 1.82) is 0 Å². The summed E-state index contributed by atoms with van der Waals surface area (Å²) in [6, 6.07) is 12.2. The van der Waals surface area contributed by atoms with Crippen molar-refractivity contribution < 1.29 is 14.3 Å². The van der Waals surface area contributed by atoms with Crippen LogP contribution in [-0.4, -0.2) is 68.7 Å². The molecule has 0 aromatic heterocycles. The van der Waals surface area contributed by atoms with Gasteiger partial charge < -0.3 is 19.7 Å². The van der Waals surface area contributed by atoms with Crippen LogP contribution in [0.4, 0.5) is 5.69 Å². The van der Waals surface area contributed by atoms with Crippen LogP contribution in [0, 0.1) is 13.8 Å². The maximum absolute atomic E-state index is 12.3. The Morgan fingerprint density at radius 2 is 1.76 bits per heavy atom. The molecule has 2 aromatic rings. The number of amides is 1. The normalized spacial score (nSPS) is 11.3. The third-order valence-electron chi connectivity index (χ3n) is 5.52. The summed E-state index contributed by atoms with van der Waals surface area (Å²) in [6.45, 7) is 12.9. The van der Waals surface area contributed by atoms with E-state index in [1.807, 2.05) is 37.4 Å². The van der Waals surface area contributed by atoms with Gasteiger partial charge >= 0.3 is 0 Å². The summed E-state index contributed by atoms with van der Waals surface area (Å²) in [6.07, 6.45) is 0.971. The van der Waals surface area contributed by atoms with Gasteiger partial charge in [-0.05, 0) is 93.3 Å². The largest absolute Gasteiger partial charge is 0.497 e. The van der Waals surface area contributed by atoms with Crippen LogP contribution in [0.5, 0.6) is 5.75 Å². The lowest BCUT2D eigenvalue weighted by molar-refractivity contribution is -0.120. The molecule has 6 nitrogen and oxygen atoms in total. The Morgan fingerprint density at radius 1 is 1.06 bits per heavy atom. The Hall–Kier alpha value is -2.06. The third kappa shape index (κ3) is 9.37. The lowest BCUT2D eigenvalue weighted by Crippen LogP contribution is -2.25. The zero-order chi connectivity index (χ0) is 24.2. The quantitative estimate of drug-likeness (QED) is 0.314. The van der Waals surface area contributed by atoms with Crippen molar-refractivity contribution in [3.8, 4) is 5.75 Å². The van der Waals surface area contributed by atoms with Gasteiger partial charge in [0.05, 0.1) is 13.7 Å². The molecule has 0 aliphatic rings. The number of nitrogens with one attached hydrogen (secondary N) is 1. The van der Waals surface area contributed by atoms with E-state index in [-0.39, 0.29) is 12.5 Å². The number of ether oxygens (including phenoxy) is 2. The fourth-order valence-corrected chi connectivity index (χ4v) is 4.44. The predicted molar refractivity (Wildman–Crippen MR) is 138 cm³/mol. The number of aryl methyl sites for hydroxylation is 2. The molecule has 33 heavy (non-hydrogen) atoms. The molecule has 2 aromatic carbocycles. The van der Waals surface area contributed by atoms with Crippen LogP contribution < -0.4 is 10.1 Å². The SMILES string of the molecule is CCN(CC)CCc1cccc(NC(=O)COCCN(C)Sc2c(C)cc(OC)cc2C)c1. The summed E-state index contributed by atoms with van der Waals surface area (Å²) in [4.78, 5) is 15.9. The van der Waals surface area contributed by atoms with E-state index in [0.29, 0.717) is 13.2 Å². The standard InChI is InChI=1S/C26H39N3O3S/c1-7-29(8-2)13-12-22-10-9-11-23(18-22)27-25(30)19-32-15-14-28(5)33-26-20(3)16-24(31-6)17-21(26)4/h9-11,16-18H,7-8,12-15,19H2,1-6H3,(H,27,30). The summed E-state index contributed by atoms with van der Waals surface area (Å²) in [7, 11) is 3.71. The van der Waals surface area contributed by atoms with E-state index in [0.717, 1.165) is 37.5 Å². The van der Waals surface area contributed by atoms with E-state index in [9.17, 15) is 4.79 Å². The summed E-state index contributed by atoms with van der Waals surface area (Å²) < 4.78 is 13.1. The number of hydrogen-bond donors (Lipinski definition) is 1. The Morgan fingerprint density at radius 3 is 2.39 bits per heavy atom. The molecule has 0 saturated heterocycles. The van der Waals surface area contributed by atoms with Gasteiger partial charge in [-0.25, -0.2) is 4.31 Å². The van der Waals surface area contributed by atoms with Crippen LogP contribution in [0.25, 0.3) is 0 Å². The fraction of sp³-hybridized carbons (Fsp3) is 0.500. The van der Waals surface area contributed by atoms with Gasteiger partial charge in [0, 0.05) is 23.7 Å². The number of carbonyl (C=O) groups excluding carboxylic acids is 1. The minimum Gasteiger partial charge on any atom is -0.497 e. The second-order valence-electron chi connectivity index (χ2n) is 8.11. The number of benzene rings is 2. The molecule has 1 N–H and O–H groups in total. The molecular formula is C26H39N3O3S. The lowest BCUT2D eigenvalue weighted by atomic mass is 10.1. The number of likely N-dealkylation sites (N-methyl/N-ethyl adjacent to an activating group) is 2. The molecule has 0 spiro atoms. The molecule has 0 radical (unpaired) electrons. The van der Waals surface area contributed by atoms with E-state index in [2.05, 4.69) is 48.3 Å². The summed E-state index contributed by atoms with van der Waals surface area (Å²) in [5, 5.41) is 2.94. The van der Waals surface area contributed by atoms with Crippen LogP contribution in [-0.2, 0) is 16.0 Å². The molecule has 182 valence electrons. The van der Waals surface area contributed by atoms with Crippen molar-refractivity contribution in [3.63, 3.8) is 0 Å². The smallest absolute Gasteiger partial charge is 0.250 e. The van der Waals surface area contributed by atoms with Crippen molar-refractivity contribution in [2.75, 3.05) is 58.9 Å². The molecule has 2 rings (SSSR count). The highest BCUT2D eigenvalue weighted by Gasteiger charge is 2.10. The van der Waals surface area contributed by atoms with Gasteiger partial charge in [0.25, 0.3) is 0 Å². The molecular weight excluding hydrogens is 434 g/mol. The number of hydrogen-bond acceptors (Lipinski definition) is 6. The van der Waals surface area contributed by atoms with Crippen molar-refractivity contribution in [2.24, 2.45) is 0 Å². The minimum absolute atomic E-state index is 0.0444. The zero-order valence-corrected chi connectivity index (χ0v) is 21.8. The Balaban J connectivity index is 1.73. The molecule has 0 aliphatic carbocycles. The first-order chi connectivity index (χ1) is 15.9. The Kier molecular flexibility index (Phi) is 11.7. The Labute approximate surface area is 203 Å². The number of anilines is 1. The van der Waals surface area contributed by atoms with Gasteiger partial charge in [0.1, 0.15) is 12.4 Å². The summed E-state index contributed by atoms with van der Waals surface area (Å²) >= 11 is 1.68. The van der Waals surface area contributed by atoms with Crippen LogP contribution >= 0.6 is 11.9 Å². The van der Waals surface area contributed by atoms with E-state index in [1.54, 1.807) is 19.1 Å². The van der Waals surface area contributed by atoms with Gasteiger partial charge in [-0.1, -0.05) is 26.0 Å². The Bertz CT molecular complexity index is 864. The number of carbonyl (C=O) groups is 1. The minimum atomic E-state index is -0.131. The highest BCUT2D eigenvalue weighted by Crippen LogP contribution is 2.31. The average Bonchev–Trinajstić information content (AvgIpc) is 2.80. The van der Waals surface area contributed by atoms with Crippen LogP contribution in [0.15, 0.2) is 41.3 Å². The van der Waals surface area contributed by atoms with Gasteiger partial charge in [-0.2, -0.15) is 0 Å². The molecule has 1 amide bonds. The maximum Gasteiger partial charge on any atom is 0.250 e. The number of nitrogens with zero attached hydrogens (tertiary/aromatic N) is 2. The average molecular weight is 474 g/mol. The van der Waals surface area contributed by atoms with Gasteiger partial charge in [0.2, 0.25) is 5.91 Å². The second kappa shape index (κ2) is 14.3. The predicted octanol–water partition coefficient (Wildman–Crippen LogP) is 4.79. The summed E-state index contributed by atoms with van der Waals surface area (Å²) in [5.41, 5.74) is 4.41. The van der Waals surface area contributed by atoms with Crippen molar-refractivity contribution in [2.45, 2.75) is 39.0 Å². The molecule has 0 atom stereocenters. The molecule has 0 heterocycles. The summed E-state index contributed by atoms with van der Waals surface area (Å²) in [5.74, 6) is 0.744. The van der Waals surface area contributed by atoms with Crippen LogP contribution in [0.1, 0.15) is 30.5 Å². The fourth-order valence-electron chi connectivity index (χ4n) is 3.56. The van der Waals surface area contributed by atoms with Crippen LogP contribution in [0.2, 0.25) is 0 Å². The molecule has 0 bridgehead atoms. The third-order valence-corrected chi connectivity index (χ3v) is 6.84. The molecule has 0 aliphatic heterocycles. The first-order valence-electron chi connectivity index (χ1n) is 11.6. The monoisotopic (exact) mass is 473 g/mol. The van der Waals surface area contributed by atoms with Gasteiger partial charge in [-0.15, -0.1) is 0 Å². The van der Waals surface area contributed by atoms with Crippen molar-refractivity contribution >= 4 is 23.5 Å². The van der Waals surface area contributed by atoms with Gasteiger partial charge in [-0.3, -0.25) is 4.79 Å². The van der Waals surface area contributed by atoms with Crippen molar-refractivity contribution in [1.82, 2.24) is 9.21 Å². The maximum atomic E-state index is 12.3. The van der Waals surface area contributed by atoms with Crippen molar-refractivity contribution in [3.05, 3.63) is 53.1 Å². The van der Waals surface area contributed by atoms with Crippen LogP contribution in [0.3, 0.4) is 0 Å². The van der Waals surface area contributed by atoms with E-state index < -0.39 is 0 Å². The second-order valence-corrected chi connectivity index (χ2v) is 9.33. The molecule has 0 unspecified atom stereocenters. The lowest BCUT2D eigenvalue weighted by Gasteiger charge is -2.19. The first kappa shape index (κ1) is 27.2. The zero-order valence-electron chi connectivity index (χ0n) is 20.9. The van der Waals surface area contributed by atoms with E-state index >= 15 is 0 Å². The molecule has 0 fully saturated rings. The highest BCUT2D eigenvalue weighted by molar-refractivity contribution is 7.97. The number of methoxy groups -OCH3 is 1. The number of rotatable bonds is 14.